The molecule has 0 aliphatic carbocycles. The molecular formula is C20H28N4O3S. The molecule has 0 atom stereocenters. The predicted molar refractivity (Wildman–Crippen MR) is 113 cm³/mol. The van der Waals surface area contributed by atoms with E-state index in [2.05, 4.69) is 20.3 Å². The Morgan fingerprint density at radius 2 is 1.64 bits per heavy atom. The number of sulfonamides is 1. The summed E-state index contributed by atoms with van der Waals surface area (Å²) in [5, 5.41) is 6.21. The van der Waals surface area contributed by atoms with Crippen molar-refractivity contribution in [2.45, 2.75) is 13.0 Å². The van der Waals surface area contributed by atoms with Crippen molar-refractivity contribution in [3.05, 3.63) is 65.7 Å². The SMILES string of the molecule is CN=C(NCCc1ccc(OC)cc1)NCCS(=O)(=O)NCc1ccccc1. The van der Waals surface area contributed by atoms with Gasteiger partial charge in [0, 0.05) is 26.7 Å². The predicted octanol–water partition coefficient (Wildman–Crippen LogP) is 1.52. The third-order valence-corrected chi connectivity index (χ3v) is 5.42. The summed E-state index contributed by atoms with van der Waals surface area (Å²) in [4.78, 5) is 4.12. The molecule has 8 heteroatoms. The van der Waals surface area contributed by atoms with E-state index in [9.17, 15) is 8.42 Å². The van der Waals surface area contributed by atoms with Crippen molar-refractivity contribution in [1.29, 1.82) is 0 Å². The molecule has 0 saturated carbocycles. The molecule has 0 bridgehead atoms. The number of nitrogens with zero attached hydrogens (tertiary/aromatic N) is 1. The molecule has 3 N–H and O–H groups in total. The topological polar surface area (TPSA) is 91.8 Å². The van der Waals surface area contributed by atoms with E-state index in [0.717, 1.165) is 17.7 Å². The van der Waals surface area contributed by atoms with Crippen LogP contribution in [0.2, 0.25) is 0 Å². The molecule has 0 spiro atoms. The first-order chi connectivity index (χ1) is 13.5. The molecule has 2 aromatic rings. The van der Waals surface area contributed by atoms with Gasteiger partial charge in [-0.05, 0) is 29.7 Å². The van der Waals surface area contributed by atoms with Crippen LogP contribution in [-0.4, -0.2) is 47.4 Å². The summed E-state index contributed by atoms with van der Waals surface area (Å²) in [6, 6.07) is 17.3. The third-order valence-electron chi connectivity index (χ3n) is 4.09. The first-order valence-corrected chi connectivity index (χ1v) is 10.8. The Bertz CT molecular complexity index is 838. The van der Waals surface area contributed by atoms with Crippen LogP contribution >= 0.6 is 0 Å². The van der Waals surface area contributed by atoms with Crippen LogP contribution in [0.15, 0.2) is 59.6 Å². The number of guanidine groups is 1. The zero-order chi connectivity index (χ0) is 20.2. The van der Waals surface area contributed by atoms with Crippen LogP contribution in [-0.2, 0) is 23.0 Å². The second kappa shape index (κ2) is 11.3. The lowest BCUT2D eigenvalue weighted by Gasteiger charge is -2.12. The summed E-state index contributed by atoms with van der Waals surface area (Å²) in [5.74, 6) is 1.38. The van der Waals surface area contributed by atoms with Gasteiger partial charge in [0.25, 0.3) is 0 Å². The van der Waals surface area contributed by atoms with Crippen LogP contribution in [0.3, 0.4) is 0 Å². The maximum atomic E-state index is 12.1. The minimum Gasteiger partial charge on any atom is -0.497 e. The second-order valence-corrected chi connectivity index (χ2v) is 8.08. The van der Waals surface area contributed by atoms with Gasteiger partial charge in [0.2, 0.25) is 10.0 Å². The largest absolute Gasteiger partial charge is 0.497 e. The van der Waals surface area contributed by atoms with Gasteiger partial charge >= 0.3 is 0 Å². The molecule has 7 nitrogen and oxygen atoms in total. The highest BCUT2D eigenvalue weighted by Gasteiger charge is 2.10. The Morgan fingerprint density at radius 3 is 2.29 bits per heavy atom. The van der Waals surface area contributed by atoms with Gasteiger partial charge in [0.15, 0.2) is 5.96 Å². The first-order valence-electron chi connectivity index (χ1n) is 9.11. The fourth-order valence-corrected chi connectivity index (χ4v) is 3.40. The smallest absolute Gasteiger partial charge is 0.213 e. The van der Waals surface area contributed by atoms with Crippen LogP contribution in [0.5, 0.6) is 5.75 Å². The summed E-state index contributed by atoms with van der Waals surface area (Å²) in [6.45, 7) is 1.25. The highest BCUT2D eigenvalue weighted by molar-refractivity contribution is 7.89. The Kier molecular flexibility index (Phi) is 8.77. The molecule has 2 aromatic carbocycles. The standard InChI is InChI=1S/C20H28N4O3S/c1-21-20(22-13-12-17-8-10-19(27-2)11-9-17)23-14-15-28(25,26)24-16-18-6-4-3-5-7-18/h3-11,24H,12-16H2,1-2H3,(H2,21,22,23). The van der Waals surface area contributed by atoms with Crippen molar-refractivity contribution in [3.8, 4) is 5.75 Å². The quantitative estimate of drug-likeness (QED) is 0.413. The summed E-state index contributed by atoms with van der Waals surface area (Å²) < 4.78 is 32.0. The van der Waals surface area contributed by atoms with E-state index in [1.165, 1.54) is 5.56 Å². The van der Waals surface area contributed by atoms with Gasteiger partial charge < -0.3 is 15.4 Å². The molecule has 2 rings (SSSR count). The van der Waals surface area contributed by atoms with E-state index in [-0.39, 0.29) is 18.8 Å². The Morgan fingerprint density at radius 1 is 0.964 bits per heavy atom. The van der Waals surface area contributed by atoms with Gasteiger partial charge in [-0.2, -0.15) is 0 Å². The molecular weight excluding hydrogens is 376 g/mol. The van der Waals surface area contributed by atoms with E-state index in [0.29, 0.717) is 12.5 Å². The van der Waals surface area contributed by atoms with E-state index >= 15 is 0 Å². The van der Waals surface area contributed by atoms with Crippen molar-refractivity contribution in [2.24, 2.45) is 4.99 Å². The highest BCUT2D eigenvalue weighted by atomic mass is 32.2. The maximum absolute atomic E-state index is 12.1. The zero-order valence-corrected chi connectivity index (χ0v) is 17.1. The Balaban J connectivity index is 1.68. The van der Waals surface area contributed by atoms with Crippen molar-refractivity contribution >= 4 is 16.0 Å². The number of rotatable bonds is 10. The number of hydrogen-bond donors (Lipinski definition) is 3. The summed E-state index contributed by atoms with van der Waals surface area (Å²) in [5.41, 5.74) is 2.10. The molecule has 0 aliphatic rings. The van der Waals surface area contributed by atoms with Gasteiger partial charge in [0.05, 0.1) is 12.9 Å². The van der Waals surface area contributed by atoms with Crippen LogP contribution in [0.4, 0.5) is 0 Å². The Labute approximate surface area is 167 Å². The molecule has 0 amide bonds. The number of methoxy groups -OCH3 is 1. The molecule has 0 radical (unpaired) electrons. The highest BCUT2D eigenvalue weighted by Crippen LogP contribution is 2.11. The molecule has 28 heavy (non-hydrogen) atoms. The van der Waals surface area contributed by atoms with E-state index in [4.69, 9.17) is 4.74 Å². The number of benzene rings is 2. The number of aliphatic imine (C=N–C) groups is 1. The minimum atomic E-state index is -3.36. The minimum absolute atomic E-state index is 0.0288. The van der Waals surface area contributed by atoms with E-state index in [1.54, 1.807) is 14.2 Å². The Hall–Kier alpha value is -2.58. The average molecular weight is 405 g/mol. The van der Waals surface area contributed by atoms with Crippen molar-refractivity contribution in [1.82, 2.24) is 15.4 Å². The van der Waals surface area contributed by atoms with Gasteiger partial charge in [0.1, 0.15) is 5.75 Å². The third kappa shape index (κ3) is 7.98. The van der Waals surface area contributed by atoms with Gasteiger partial charge in [-0.3, -0.25) is 4.99 Å². The first kappa shape index (κ1) is 21.7. The number of hydrogen-bond acceptors (Lipinski definition) is 4. The zero-order valence-electron chi connectivity index (χ0n) is 16.3. The molecule has 0 saturated heterocycles. The number of ether oxygens (including phenoxy) is 1. The normalized spacial score (nSPS) is 11.9. The van der Waals surface area contributed by atoms with Crippen molar-refractivity contribution in [2.75, 3.05) is 33.0 Å². The van der Waals surface area contributed by atoms with Gasteiger partial charge in [-0.15, -0.1) is 0 Å². The number of nitrogens with one attached hydrogen (secondary N) is 3. The lowest BCUT2D eigenvalue weighted by Crippen LogP contribution is -2.41. The fourth-order valence-electron chi connectivity index (χ4n) is 2.50. The lowest BCUT2D eigenvalue weighted by atomic mass is 10.1. The fraction of sp³-hybridized carbons (Fsp3) is 0.350. The van der Waals surface area contributed by atoms with Crippen LogP contribution in [0.1, 0.15) is 11.1 Å². The van der Waals surface area contributed by atoms with Gasteiger partial charge in [-0.25, -0.2) is 13.1 Å². The molecule has 0 fully saturated rings. The molecule has 152 valence electrons. The van der Waals surface area contributed by atoms with E-state index in [1.807, 2.05) is 54.6 Å². The summed E-state index contributed by atoms with van der Waals surface area (Å²) in [6.07, 6.45) is 0.821. The summed E-state index contributed by atoms with van der Waals surface area (Å²) in [7, 11) is -0.0608. The molecule has 0 unspecified atom stereocenters. The lowest BCUT2D eigenvalue weighted by molar-refractivity contribution is 0.414. The maximum Gasteiger partial charge on any atom is 0.213 e. The van der Waals surface area contributed by atoms with Crippen LogP contribution in [0.25, 0.3) is 0 Å². The molecule has 0 heterocycles. The summed E-state index contributed by atoms with van der Waals surface area (Å²) >= 11 is 0. The second-order valence-electron chi connectivity index (χ2n) is 6.15. The van der Waals surface area contributed by atoms with E-state index < -0.39 is 10.0 Å². The van der Waals surface area contributed by atoms with Crippen molar-refractivity contribution in [3.63, 3.8) is 0 Å². The average Bonchev–Trinajstić information content (AvgIpc) is 2.72. The molecule has 0 aromatic heterocycles. The van der Waals surface area contributed by atoms with Gasteiger partial charge in [-0.1, -0.05) is 42.5 Å². The molecule has 0 aliphatic heterocycles. The van der Waals surface area contributed by atoms with Crippen LogP contribution in [0, 0.1) is 0 Å². The monoisotopic (exact) mass is 404 g/mol. The van der Waals surface area contributed by atoms with Crippen LogP contribution < -0.4 is 20.1 Å². The van der Waals surface area contributed by atoms with Crippen molar-refractivity contribution < 1.29 is 13.2 Å².